The van der Waals surface area contributed by atoms with Crippen molar-refractivity contribution in [2.75, 3.05) is 13.2 Å². The second-order valence-electron chi connectivity index (χ2n) is 4.62. The molecule has 3 nitrogen and oxygen atoms in total. The average molecular weight is 250 g/mol. The highest BCUT2D eigenvalue weighted by molar-refractivity contribution is 5.37. The molecule has 102 valence electrons. The monoisotopic (exact) mass is 250 g/mol. The van der Waals surface area contributed by atoms with E-state index < -0.39 is 0 Å². The molecule has 3 heteroatoms. The summed E-state index contributed by atoms with van der Waals surface area (Å²) in [4.78, 5) is 0. The van der Waals surface area contributed by atoms with E-state index in [2.05, 4.69) is 13.0 Å². The predicted molar refractivity (Wildman–Crippen MR) is 76.9 cm³/mol. The fourth-order valence-electron chi connectivity index (χ4n) is 2.25. The molecular formula is C15H26N2O. The number of unbranched alkanes of at least 4 members (excludes halogenated alkanes) is 1. The molecule has 0 amide bonds. The molecule has 1 aromatic rings. The average Bonchev–Trinajstić information content (AvgIpc) is 2.39. The van der Waals surface area contributed by atoms with Gasteiger partial charge in [-0.3, -0.25) is 0 Å². The third-order valence-corrected chi connectivity index (χ3v) is 3.28. The standard InChI is InChI=1S/C15H26N2O/c1-3-5-9-14(17)13(11-16)12-8-6-7-10-15(12)18-4-2/h6-8,10,13-14H,3-5,9,11,16-17H2,1-2H3. The van der Waals surface area contributed by atoms with Gasteiger partial charge in [0.1, 0.15) is 5.75 Å². The van der Waals surface area contributed by atoms with Gasteiger partial charge in [-0.1, -0.05) is 38.0 Å². The van der Waals surface area contributed by atoms with Gasteiger partial charge < -0.3 is 16.2 Å². The van der Waals surface area contributed by atoms with Crippen LogP contribution in [-0.2, 0) is 0 Å². The van der Waals surface area contributed by atoms with Crippen LogP contribution in [0.25, 0.3) is 0 Å². The van der Waals surface area contributed by atoms with Gasteiger partial charge in [0.2, 0.25) is 0 Å². The number of rotatable bonds is 8. The fourth-order valence-corrected chi connectivity index (χ4v) is 2.25. The first kappa shape index (κ1) is 15.0. The normalized spacial score (nSPS) is 14.2. The minimum atomic E-state index is 0.108. The lowest BCUT2D eigenvalue weighted by Gasteiger charge is -2.24. The molecule has 2 unspecified atom stereocenters. The Balaban J connectivity index is 2.86. The number of nitrogens with two attached hydrogens (primary N) is 2. The van der Waals surface area contributed by atoms with E-state index >= 15 is 0 Å². The third-order valence-electron chi connectivity index (χ3n) is 3.28. The van der Waals surface area contributed by atoms with Gasteiger partial charge in [0, 0.05) is 24.1 Å². The number of hydrogen-bond donors (Lipinski definition) is 2. The number of benzene rings is 1. The Hall–Kier alpha value is -1.06. The molecule has 0 saturated heterocycles. The van der Waals surface area contributed by atoms with Crippen molar-refractivity contribution in [1.82, 2.24) is 0 Å². The van der Waals surface area contributed by atoms with E-state index in [-0.39, 0.29) is 12.0 Å². The summed E-state index contributed by atoms with van der Waals surface area (Å²) in [5.41, 5.74) is 13.3. The summed E-state index contributed by atoms with van der Waals surface area (Å²) in [5, 5.41) is 0. The molecule has 0 spiro atoms. The Morgan fingerprint density at radius 2 is 1.94 bits per heavy atom. The number of ether oxygens (including phenoxy) is 1. The van der Waals surface area contributed by atoms with Gasteiger partial charge in [0.25, 0.3) is 0 Å². The molecule has 0 aliphatic heterocycles. The molecular weight excluding hydrogens is 224 g/mol. The molecule has 0 aliphatic rings. The zero-order valence-electron chi connectivity index (χ0n) is 11.6. The summed E-state index contributed by atoms with van der Waals surface area (Å²) in [6.45, 7) is 5.40. The zero-order chi connectivity index (χ0) is 13.4. The Morgan fingerprint density at radius 3 is 2.56 bits per heavy atom. The molecule has 0 heterocycles. The highest BCUT2D eigenvalue weighted by atomic mass is 16.5. The van der Waals surface area contributed by atoms with E-state index in [1.165, 1.54) is 0 Å². The molecule has 4 N–H and O–H groups in total. The lowest BCUT2D eigenvalue weighted by Crippen LogP contribution is -2.33. The summed E-state index contributed by atoms with van der Waals surface area (Å²) < 4.78 is 5.66. The second-order valence-corrected chi connectivity index (χ2v) is 4.62. The van der Waals surface area contributed by atoms with Crippen molar-refractivity contribution in [2.45, 2.75) is 45.1 Å². The van der Waals surface area contributed by atoms with Gasteiger partial charge in [-0.15, -0.1) is 0 Å². The lowest BCUT2D eigenvalue weighted by molar-refractivity contribution is 0.331. The largest absolute Gasteiger partial charge is 0.494 e. The first-order chi connectivity index (χ1) is 8.74. The Labute approximate surface area is 111 Å². The van der Waals surface area contributed by atoms with Crippen LogP contribution >= 0.6 is 0 Å². The van der Waals surface area contributed by atoms with Crippen molar-refractivity contribution >= 4 is 0 Å². The first-order valence-corrected chi connectivity index (χ1v) is 6.91. The minimum Gasteiger partial charge on any atom is -0.494 e. The van der Waals surface area contributed by atoms with Gasteiger partial charge in [-0.2, -0.15) is 0 Å². The van der Waals surface area contributed by atoms with Crippen LogP contribution in [0.15, 0.2) is 24.3 Å². The summed E-state index contributed by atoms with van der Waals surface area (Å²) in [6, 6.07) is 8.19. The third kappa shape index (κ3) is 4.00. The number of para-hydroxylation sites is 1. The topological polar surface area (TPSA) is 61.3 Å². The van der Waals surface area contributed by atoms with Crippen LogP contribution in [0.4, 0.5) is 0 Å². The van der Waals surface area contributed by atoms with Crippen LogP contribution < -0.4 is 16.2 Å². The molecule has 1 aromatic carbocycles. The quantitative estimate of drug-likeness (QED) is 0.745. The summed E-state index contributed by atoms with van der Waals surface area (Å²) in [6.07, 6.45) is 3.32. The van der Waals surface area contributed by atoms with Gasteiger partial charge in [0.05, 0.1) is 6.61 Å². The fraction of sp³-hybridized carbons (Fsp3) is 0.600. The molecule has 2 atom stereocenters. The Morgan fingerprint density at radius 1 is 1.22 bits per heavy atom. The van der Waals surface area contributed by atoms with Gasteiger partial charge >= 0.3 is 0 Å². The van der Waals surface area contributed by atoms with Crippen LogP contribution in [0.1, 0.15) is 44.6 Å². The van der Waals surface area contributed by atoms with Crippen molar-refractivity contribution in [1.29, 1.82) is 0 Å². The van der Waals surface area contributed by atoms with E-state index in [0.29, 0.717) is 13.2 Å². The van der Waals surface area contributed by atoms with Crippen LogP contribution in [-0.4, -0.2) is 19.2 Å². The molecule has 1 rings (SSSR count). The van der Waals surface area contributed by atoms with Crippen LogP contribution in [0.3, 0.4) is 0 Å². The maximum atomic E-state index is 6.28. The molecule has 0 aliphatic carbocycles. The van der Waals surface area contributed by atoms with Crippen LogP contribution in [0, 0.1) is 0 Å². The predicted octanol–water partition coefficient (Wildman–Crippen LogP) is 2.65. The molecule has 0 saturated carbocycles. The summed E-state index contributed by atoms with van der Waals surface area (Å²) >= 11 is 0. The maximum Gasteiger partial charge on any atom is 0.122 e. The van der Waals surface area contributed by atoms with Gasteiger partial charge in [-0.25, -0.2) is 0 Å². The Kier molecular flexibility index (Phi) is 6.76. The SMILES string of the molecule is CCCCC(N)C(CN)c1ccccc1OCC. The van der Waals surface area contributed by atoms with E-state index in [1.54, 1.807) is 0 Å². The van der Waals surface area contributed by atoms with Crippen LogP contribution in [0.5, 0.6) is 5.75 Å². The minimum absolute atomic E-state index is 0.108. The lowest BCUT2D eigenvalue weighted by atomic mass is 9.88. The van der Waals surface area contributed by atoms with Crippen molar-refractivity contribution in [3.05, 3.63) is 29.8 Å². The molecule has 18 heavy (non-hydrogen) atoms. The summed E-state index contributed by atoms with van der Waals surface area (Å²) in [7, 11) is 0. The Bertz CT molecular complexity index is 341. The highest BCUT2D eigenvalue weighted by Gasteiger charge is 2.21. The highest BCUT2D eigenvalue weighted by Crippen LogP contribution is 2.29. The zero-order valence-corrected chi connectivity index (χ0v) is 11.6. The van der Waals surface area contributed by atoms with Crippen molar-refractivity contribution in [3.8, 4) is 5.75 Å². The van der Waals surface area contributed by atoms with Gasteiger partial charge in [-0.05, 0) is 19.4 Å². The molecule has 0 fully saturated rings. The van der Waals surface area contributed by atoms with Gasteiger partial charge in [0.15, 0.2) is 0 Å². The maximum absolute atomic E-state index is 6.28. The smallest absolute Gasteiger partial charge is 0.122 e. The van der Waals surface area contributed by atoms with E-state index in [1.807, 2.05) is 25.1 Å². The van der Waals surface area contributed by atoms with E-state index in [0.717, 1.165) is 30.6 Å². The second kappa shape index (κ2) is 8.11. The van der Waals surface area contributed by atoms with E-state index in [9.17, 15) is 0 Å². The van der Waals surface area contributed by atoms with Crippen molar-refractivity contribution in [2.24, 2.45) is 11.5 Å². The molecule has 0 aromatic heterocycles. The first-order valence-electron chi connectivity index (χ1n) is 6.91. The van der Waals surface area contributed by atoms with Crippen LogP contribution in [0.2, 0.25) is 0 Å². The van der Waals surface area contributed by atoms with Crippen molar-refractivity contribution in [3.63, 3.8) is 0 Å². The number of hydrogen-bond acceptors (Lipinski definition) is 3. The molecule has 0 bridgehead atoms. The summed E-state index contributed by atoms with van der Waals surface area (Å²) in [5.74, 6) is 1.10. The van der Waals surface area contributed by atoms with E-state index in [4.69, 9.17) is 16.2 Å². The van der Waals surface area contributed by atoms with Crippen molar-refractivity contribution < 1.29 is 4.74 Å². The molecule has 0 radical (unpaired) electrons.